The molecular formula is C12H17NO3S. The zero-order valence-electron chi connectivity index (χ0n) is 9.90. The van der Waals surface area contributed by atoms with Crippen molar-refractivity contribution in [1.82, 2.24) is 0 Å². The summed E-state index contributed by atoms with van der Waals surface area (Å²) in [7, 11) is 0. The average Bonchev–Trinajstić information content (AvgIpc) is 2.73. The monoisotopic (exact) mass is 255 g/mol. The number of nitrogen functional groups attached to an aromatic ring is 1. The zero-order valence-corrected chi connectivity index (χ0v) is 10.7. The Hall–Kier alpha value is -1.07. The molecule has 1 aromatic rings. The van der Waals surface area contributed by atoms with Crippen LogP contribution in [0.4, 0.5) is 5.00 Å². The molecule has 0 aliphatic carbocycles. The smallest absolute Gasteiger partial charge is 0.341 e. The van der Waals surface area contributed by atoms with Gasteiger partial charge in [-0.25, -0.2) is 4.79 Å². The fourth-order valence-electron chi connectivity index (χ4n) is 1.98. The molecule has 0 unspecified atom stereocenters. The molecular weight excluding hydrogens is 238 g/mol. The number of carbonyl (C=O) groups excluding carboxylic acids is 1. The Morgan fingerprint density at radius 2 is 2.29 bits per heavy atom. The molecule has 0 aromatic carbocycles. The normalized spacial score (nSPS) is 17.0. The molecule has 5 heteroatoms. The molecule has 1 aliphatic heterocycles. The molecule has 4 nitrogen and oxygen atoms in total. The van der Waals surface area contributed by atoms with Crippen molar-refractivity contribution in [1.29, 1.82) is 0 Å². The van der Waals surface area contributed by atoms with Crippen LogP contribution >= 0.6 is 11.3 Å². The summed E-state index contributed by atoms with van der Waals surface area (Å²) in [6.07, 6.45) is 2.00. The SMILES string of the molecule is CCOC(=O)c1cc(C2CCOCC2)sc1N. The van der Waals surface area contributed by atoms with E-state index in [1.807, 2.05) is 6.07 Å². The quantitative estimate of drug-likeness (QED) is 0.842. The summed E-state index contributed by atoms with van der Waals surface area (Å²) in [5.74, 6) is 0.152. The summed E-state index contributed by atoms with van der Waals surface area (Å²) < 4.78 is 10.3. The molecule has 1 aromatic heterocycles. The molecule has 2 heterocycles. The molecule has 0 bridgehead atoms. The van der Waals surface area contributed by atoms with Crippen molar-refractivity contribution in [2.75, 3.05) is 25.6 Å². The lowest BCUT2D eigenvalue weighted by atomic mass is 9.98. The zero-order chi connectivity index (χ0) is 12.3. The first-order valence-electron chi connectivity index (χ1n) is 5.86. The van der Waals surface area contributed by atoms with E-state index in [0.29, 0.717) is 23.1 Å². The summed E-state index contributed by atoms with van der Waals surface area (Å²) in [6, 6.07) is 1.88. The number of carbonyl (C=O) groups is 1. The van der Waals surface area contributed by atoms with Crippen molar-refractivity contribution in [3.63, 3.8) is 0 Å². The van der Waals surface area contributed by atoms with Crippen LogP contribution in [0.15, 0.2) is 6.07 Å². The van der Waals surface area contributed by atoms with Gasteiger partial charge in [0.25, 0.3) is 0 Å². The van der Waals surface area contributed by atoms with Crippen molar-refractivity contribution in [3.8, 4) is 0 Å². The molecule has 17 heavy (non-hydrogen) atoms. The third kappa shape index (κ3) is 2.79. The van der Waals surface area contributed by atoms with Crippen LogP contribution in [-0.2, 0) is 9.47 Å². The number of nitrogens with two attached hydrogens (primary N) is 1. The van der Waals surface area contributed by atoms with Crippen LogP contribution in [0.2, 0.25) is 0 Å². The fraction of sp³-hybridized carbons (Fsp3) is 0.583. The summed E-state index contributed by atoms with van der Waals surface area (Å²) in [5, 5.41) is 0.560. The van der Waals surface area contributed by atoms with Gasteiger partial charge in [0, 0.05) is 18.1 Å². The van der Waals surface area contributed by atoms with Gasteiger partial charge in [0.1, 0.15) is 5.00 Å². The maximum Gasteiger partial charge on any atom is 0.341 e. The minimum Gasteiger partial charge on any atom is -0.462 e. The van der Waals surface area contributed by atoms with Crippen LogP contribution in [0.3, 0.4) is 0 Å². The van der Waals surface area contributed by atoms with Crippen LogP contribution < -0.4 is 5.73 Å². The van der Waals surface area contributed by atoms with Gasteiger partial charge in [-0.05, 0) is 31.7 Å². The Morgan fingerprint density at radius 3 is 2.94 bits per heavy atom. The Bertz CT molecular complexity index is 396. The van der Waals surface area contributed by atoms with E-state index in [9.17, 15) is 4.79 Å². The van der Waals surface area contributed by atoms with Gasteiger partial charge in [-0.3, -0.25) is 0 Å². The van der Waals surface area contributed by atoms with Gasteiger partial charge in [0.05, 0.1) is 12.2 Å². The van der Waals surface area contributed by atoms with Gasteiger partial charge >= 0.3 is 5.97 Å². The van der Waals surface area contributed by atoms with Gasteiger partial charge in [-0.2, -0.15) is 0 Å². The third-order valence-corrected chi connectivity index (χ3v) is 4.03. The molecule has 1 aliphatic rings. The first kappa shape index (κ1) is 12.4. The van der Waals surface area contributed by atoms with E-state index in [0.717, 1.165) is 26.1 Å². The van der Waals surface area contributed by atoms with Crippen molar-refractivity contribution in [3.05, 3.63) is 16.5 Å². The second-order valence-electron chi connectivity index (χ2n) is 4.03. The van der Waals surface area contributed by atoms with Crippen molar-refractivity contribution in [2.45, 2.75) is 25.7 Å². The van der Waals surface area contributed by atoms with Gasteiger partial charge in [-0.1, -0.05) is 0 Å². The van der Waals surface area contributed by atoms with Crippen LogP contribution in [0.25, 0.3) is 0 Å². The van der Waals surface area contributed by atoms with Crippen molar-refractivity contribution in [2.24, 2.45) is 0 Å². The van der Waals surface area contributed by atoms with E-state index in [4.69, 9.17) is 15.2 Å². The Labute approximate surface area is 105 Å². The molecule has 0 atom stereocenters. The van der Waals surface area contributed by atoms with Gasteiger partial charge in [0.15, 0.2) is 0 Å². The molecule has 2 N–H and O–H groups in total. The predicted octanol–water partition coefficient (Wildman–Crippen LogP) is 2.40. The summed E-state index contributed by atoms with van der Waals surface area (Å²) in [4.78, 5) is 12.8. The topological polar surface area (TPSA) is 61.5 Å². The summed E-state index contributed by atoms with van der Waals surface area (Å²) >= 11 is 1.50. The highest BCUT2D eigenvalue weighted by molar-refractivity contribution is 7.16. The molecule has 0 amide bonds. The highest BCUT2D eigenvalue weighted by atomic mass is 32.1. The molecule has 94 valence electrons. The number of esters is 1. The number of thiophene rings is 1. The van der Waals surface area contributed by atoms with Crippen LogP contribution in [0.1, 0.15) is 40.9 Å². The summed E-state index contributed by atoms with van der Waals surface area (Å²) in [5.41, 5.74) is 6.38. The maximum absolute atomic E-state index is 11.6. The second-order valence-corrected chi connectivity index (χ2v) is 5.15. The van der Waals surface area contributed by atoms with E-state index in [-0.39, 0.29) is 5.97 Å². The van der Waals surface area contributed by atoms with Crippen molar-refractivity contribution < 1.29 is 14.3 Å². The first-order valence-corrected chi connectivity index (χ1v) is 6.68. The first-order chi connectivity index (χ1) is 8.22. The fourth-order valence-corrected chi connectivity index (χ4v) is 3.06. The Morgan fingerprint density at radius 1 is 1.59 bits per heavy atom. The highest BCUT2D eigenvalue weighted by Gasteiger charge is 2.22. The number of hydrogen-bond acceptors (Lipinski definition) is 5. The van der Waals surface area contributed by atoms with Crippen LogP contribution in [0, 0.1) is 0 Å². The van der Waals surface area contributed by atoms with Crippen LogP contribution in [0.5, 0.6) is 0 Å². The standard InChI is InChI=1S/C12H17NO3S/c1-2-16-12(14)9-7-10(17-11(9)13)8-3-5-15-6-4-8/h7-8H,2-6,13H2,1H3. The lowest BCUT2D eigenvalue weighted by molar-refractivity contribution is 0.0528. The minimum absolute atomic E-state index is 0.320. The maximum atomic E-state index is 11.6. The number of hydrogen-bond donors (Lipinski definition) is 1. The third-order valence-electron chi connectivity index (χ3n) is 2.90. The lowest BCUT2D eigenvalue weighted by Gasteiger charge is -2.20. The molecule has 2 rings (SSSR count). The minimum atomic E-state index is -0.320. The van der Waals surface area contributed by atoms with Gasteiger partial charge < -0.3 is 15.2 Å². The molecule has 0 saturated carbocycles. The Kier molecular flexibility index (Phi) is 4.02. The number of rotatable bonds is 3. The lowest BCUT2D eigenvalue weighted by Crippen LogP contribution is -2.13. The Balaban J connectivity index is 2.14. The van der Waals surface area contributed by atoms with E-state index in [2.05, 4.69) is 0 Å². The van der Waals surface area contributed by atoms with E-state index in [1.54, 1.807) is 6.92 Å². The predicted molar refractivity (Wildman–Crippen MR) is 67.5 cm³/mol. The largest absolute Gasteiger partial charge is 0.462 e. The molecule has 0 radical (unpaired) electrons. The molecule has 1 saturated heterocycles. The van der Waals surface area contributed by atoms with Crippen LogP contribution in [-0.4, -0.2) is 25.8 Å². The van der Waals surface area contributed by atoms with Gasteiger partial charge in [0.2, 0.25) is 0 Å². The number of anilines is 1. The second kappa shape index (κ2) is 5.51. The average molecular weight is 255 g/mol. The van der Waals surface area contributed by atoms with Crippen molar-refractivity contribution >= 4 is 22.3 Å². The van der Waals surface area contributed by atoms with E-state index >= 15 is 0 Å². The highest BCUT2D eigenvalue weighted by Crippen LogP contribution is 2.36. The molecule has 1 fully saturated rings. The van der Waals surface area contributed by atoms with E-state index < -0.39 is 0 Å². The molecule has 0 spiro atoms. The number of ether oxygens (including phenoxy) is 2. The summed E-state index contributed by atoms with van der Waals surface area (Å²) in [6.45, 7) is 3.75. The van der Waals surface area contributed by atoms with Gasteiger partial charge in [-0.15, -0.1) is 11.3 Å². The van der Waals surface area contributed by atoms with E-state index in [1.165, 1.54) is 16.2 Å².